The van der Waals surface area contributed by atoms with Crippen LogP contribution in [-0.2, 0) is 4.79 Å². The summed E-state index contributed by atoms with van der Waals surface area (Å²) < 4.78 is 0. The van der Waals surface area contributed by atoms with Crippen LogP contribution in [0.5, 0.6) is 0 Å². The highest BCUT2D eigenvalue weighted by Crippen LogP contribution is 2.10. The minimum Gasteiger partial charge on any atom is -0.356 e. The molecule has 130 valence electrons. The number of nitrogens with zero attached hydrogens (tertiary/aromatic N) is 1. The summed E-state index contributed by atoms with van der Waals surface area (Å²) in [5, 5.41) is 9.43. The van der Waals surface area contributed by atoms with E-state index in [0.29, 0.717) is 18.9 Å². The van der Waals surface area contributed by atoms with Gasteiger partial charge in [0.15, 0.2) is 5.96 Å². The normalized spacial score (nSPS) is 13.5. The highest BCUT2D eigenvalue weighted by Gasteiger charge is 2.08. The first-order valence-corrected chi connectivity index (χ1v) is 7.88. The second-order valence-electron chi connectivity index (χ2n) is 5.40. The van der Waals surface area contributed by atoms with E-state index in [-0.39, 0.29) is 42.0 Å². The minimum absolute atomic E-state index is 0. The van der Waals surface area contributed by atoms with Gasteiger partial charge in [0, 0.05) is 26.1 Å². The van der Waals surface area contributed by atoms with E-state index >= 15 is 0 Å². The number of benzene rings is 1. The van der Waals surface area contributed by atoms with Crippen LogP contribution in [0.1, 0.15) is 45.2 Å². The molecule has 0 aliphatic carbocycles. The lowest BCUT2D eigenvalue weighted by molar-refractivity contribution is -0.121. The monoisotopic (exact) mass is 432 g/mol. The predicted octanol–water partition coefficient (Wildman–Crippen LogP) is 2.84. The van der Waals surface area contributed by atoms with Crippen molar-refractivity contribution in [3.8, 4) is 0 Å². The molecule has 0 bridgehead atoms. The van der Waals surface area contributed by atoms with E-state index in [1.165, 1.54) is 5.56 Å². The zero-order valence-electron chi connectivity index (χ0n) is 14.4. The van der Waals surface area contributed by atoms with Crippen LogP contribution in [-0.4, -0.2) is 31.5 Å². The summed E-state index contributed by atoms with van der Waals surface area (Å²) in [5.74, 6) is 0.765. The number of amides is 1. The number of nitrogens with one attached hydrogen (secondary N) is 3. The van der Waals surface area contributed by atoms with Gasteiger partial charge in [-0.1, -0.05) is 37.3 Å². The smallest absolute Gasteiger partial charge is 0.221 e. The zero-order valence-corrected chi connectivity index (χ0v) is 16.8. The van der Waals surface area contributed by atoms with Crippen LogP contribution >= 0.6 is 24.0 Å². The Hall–Kier alpha value is -1.31. The molecule has 23 heavy (non-hydrogen) atoms. The van der Waals surface area contributed by atoms with Gasteiger partial charge in [-0.25, -0.2) is 0 Å². The Balaban J connectivity index is 0.00000484. The van der Waals surface area contributed by atoms with E-state index in [1.807, 2.05) is 25.1 Å². The highest BCUT2D eigenvalue weighted by molar-refractivity contribution is 14.0. The number of carbonyl (C=O) groups is 1. The van der Waals surface area contributed by atoms with Gasteiger partial charge in [0.1, 0.15) is 0 Å². The lowest BCUT2D eigenvalue weighted by atomic mass is 10.1. The van der Waals surface area contributed by atoms with Crippen LogP contribution in [0, 0.1) is 0 Å². The van der Waals surface area contributed by atoms with Crippen LogP contribution < -0.4 is 16.0 Å². The van der Waals surface area contributed by atoms with Gasteiger partial charge in [0.05, 0.1) is 6.04 Å². The lowest BCUT2D eigenvalue weighted by Crippen LogP contribution is -2.41. The molecule has 0 aromatic heterocycles. The number of guanidine groups is 1. The Kier molecular flexibility index (Phi) is 11.5. The summed E-state index contributed by atoms with van der Waals surface area (Å²) in [7, 11) is 1.73. The molecular formula is C17H29IN4O. The first-order valence-electron chi connectivity index (χ1n) is 7.88. The minimum atomic E-state index is 0. The van der Waals surface area contributed by atoms with E-state index in [1.54, 1.807) is 7.05 Å². The maximum Gasteiger partial charge on any atom is 0.221 e. The fourth-order valence-electron chi connectivity index (χ4n) is 1.97. The molecule has 0 aliphatic rings. The molecule has 0 saturated carbocycles. The SMILES string of the molecule is CCC(C)NC(=O)CCNC(=NC)NC(C)c1ccccc1.I. The maximum absolute atomic E-state index is 11.7. The Morgan fingerprint density at radius 3 is 2.39 bits per heavy atom. The second-order valence-corrected chi connectivity index (χ2v) is 5.40. The van der Waals surface area contributed by atoms with Crippen molar-refractivity contribution in [2.24, 2.45) is 4.99 Å². The summed E-state index contributed by atoms with van der Waals surface area (Å²) in [6.07, 6.45) is 1.38. The van der Waals surface area contributed by atoms with E-state index in [0.717, 1.165) is 6.42 Å². The summed E-state index contributed by atoms with van der Waals surface area (Å²) in [6.45, 7) is 6.70. The molecule has 0 spiro atoms. The number of carbonyl (C=O) groups excluding carboxylic acids is 1. The molecule has 6 heteroatoms. The average Bonchev–Trinajstić information content (AvgIpc) is 2.54. The molecule has 1 aromatic rings. The summed E-state index contributed by atoms with van der Waals surface area (Å²) >= 11 is 0. The van der Waals surface area contributed by atoms with Gasteiger partial charge in [0.2, 0.25) is 5.91 Å². The number of aliphatic imine (C=N–C) groups is 1. The number of rotatable bonds is 7. The van der Waals surface area contributed by atoms with Gasteiger partial charge in [-0.2, -0.15) is 0 Å². The fraction of sp³-hybridized carbons (Fsp3) is 0.529. The predicted molar refractivity (Wildman–Crippen MR) is 107 cm³/mol. The lowest BCUT2D eigenvalue weighted by Gasteiger charge is -2.18. The molecule has 0 heterocycles. The van der Waals surface area contributed by atoms with Crippen molar-refractivity contribution in [3.63, 3.8) is 0 Å². The summed E-state index contributed by atoms with van der Waals surface area (Å²) in [6, 6.07) is 10.6. The van der Waals surface area contributed by atoms with Crippen molar-refractivity contribution >= 4 is 35.8 Å². The zero-order chi connectivity index (χ0) is 16.4. The van der Waals surface area contributed by atoms with Crippen LogP contribution in [0.15, 0.2) is 35.3 Å². The van der Waals surface area contributed by atoms with Crippen molar-refractivity contribution < 1.29 is 4.79 Å². The van der Waals surface area contributed by atoms with Crippen molar-refractivity contribution in [2.45, 2.75) is 45.7 Å². The molecular weight excluding hydrogens is 403 g/mol. The van der Waals surface area contributed by atoms with Gasteiger partial charge in [-0.15, -0.1) is 24.0 Å². The Bertz CT molecular complexity index is 479. The molecule has 2 unspecified atom stereocenters. The molecule has 0 radical (unpaired) electrons. The number of hydrogen-bond acceptors (Lipinski definition) is 2. The van der Waals surface area contributed by atoms with Crippen molar-refractivity contribution in [3.05, 3.63) is 35.9 Å². The summed E-state index contributed by atoms with van der Waals surface area (Å²) in [4.78, 5) is 15.9. The van der Waals surface area contributed by atoms with Crippen LogP contribution in [0.2, 0.25) is 0 Å². The van der Waals surface area contributed by atoms with Crippen LogP contribution in [0.4, 0.5) is 0 Å². The van der Waals surface area contributed by atoms with Gasteiger partial charge in [-0.05, 0) is 25.8 Å². The van der Waals surface area contributed by atoms with Crippen LogP contribution in [0.3, 0.4) is 0 Å². The standard InChI is InChI=1S/C17H28N4O.HI/c1-5-13(2)20-16(22)11-12-19-17(18-4)21-14(3)15-9-7-6-8-10-15;/h6-10,13-14H,5,11-12H2,1-4H3,(H,20,22)(H2,18,19,21);1H. The average molecular weight is 432 g/mol. The quantitative estimate of drug-likeness (QED) is 0.353. The van der Waals surface area contributed by atoms with E-state index in [9.17, 15) is 4.79 Å². The molecule has 1 aromatic carbocycles. The fourth-order valence-corrected chi connectivity index (χ4v) is 1.97. The van der Waals surface area contributed by atoms with Crippen molar-refractivity contribution in [1.29, 1.82) is 0 Å². The molecule has 0 saturated heterocycles. The third kappa shape index (κ3) is 8.78. The molecule has 1 rings (SSSR count). The molecule has 0 aliphatic heterocycles. The first kappa shape index (κ1) is 21.7. The molecule has 0 fully saturated rings. The number of halogens is 1. The molecule has 3 N–H and O–H groups in total. The van der Waals surface area contributed by atoms with Gasteiger partial charge < -0.3 is 16.0 Å². The van der Waals surface area contributed by atoms with E-state index in [4.69, 9.17) is 0 Å². The highest BCUT2D eigenvalue weighted by atomic mass is 127. The molecule has 2 atom stereocenters. The Morgan fingerprint density at radius 2 is 1.83 bits per heavy atom. The van der Waals surface area contributed by atoms with Crippen molar-refractivity contribution in [1.82, 2.24) is 16.0 Å². The maximum atomic E-state index is 11.7. The van der Waals surface area contributed by atoms with Gasteiger partial charge >= 0.3 is 0 Å². The third-order valence-corrected chi connectivity index (χ3v) is 3.54. The molecule has 1 amide bonds. The number of hydrogen-bond donors (Lipinski definition) is 3. The topological polar surface area (TPSA) is 65.5 Å². The second kappa shape index (κ2) is 12.2. The Labute approximate surface area is 156 Å². The Morgan fingerprint density at radius 1 is 1.17 bits per heavy atom. The van der Waals surface area contributed by atoms with Gasteiger partial charge in [0.25, 0.3) is 0 Å². The molecule has 5 nitrogen and oxygen atoms in total. The van der Waals surface area contributed by atoms with E-state index in [2.05, 4.69) is 46.9 Å². The van der Waals surface area contributed by atoms with Crippen LogP contribution in [0.25, 0.3) is 0 Å². The van der Waals surface area contributed by atoms with E-state index < -0.39 is 0 Å². The summed E-state index contributed by atoms with van der Waals surface area (Å²) in [5.41, 5.74) is 1.19. The largest absolute Gasteiger partial charge is 0.356 e. The first-order chi connectivity index (χ1) is 10.6. The van der Waals surface area contributed by atoms with Gasteiger partial charge in [-0.3, -0.25) is 9.79 Å². The third-order valence-electron chi connectivity index (χ3n) is 3.54. The van der Waals surface area contributed by atoms with Crippen molar-refractivity contribution in [2.75, 3.05) is 13.6 Å².